The molecule has 0 spiro atoms. The van der Waals surface area contributed by atoms with Crippen LogP contribution in [-0.4, -0.2) is 164 Å². The number of aliphatic hydroxyl groups excluding tert-OH is 1. The van der Waals surface area contributed by atoms with Crippen molar-refractivity contribution in [2.24, 2.45) is 0 Å². The fraction of sp³-hybridized carbons (Fsp3) is 0.228. The van der Waals surface area contributed by atoms with E-state index in [0.29, 0.717) is 79.1 Å². The fourth-order valence-corrected chi connectivity index (χ4v) is 12.8. The maximum absolute atomic E-state index is 13.6. The zero-order valence-electron chi connectivity index (χ0n) is 60.6. The first-order chi connectivity index (χ1) is 52.6. The van der Waals surface area contributed by atoms with Crippen LogP contribution in [0.25, 0.3) is 28.2 Å². The second-order valence-corrected chi connectivity index (χ2v) is 27.4. The molecule has 0 saturated carbocycles. The SMILES string of the molecule is Cc1ccc(NC(=O)c2ccc(CN3CCN(C)CC3)cc2)cc1Nc1nccc(-c2cccnc2)n1.Cc1cn(-c2cc(NC(=O)c3ccc(C)c(Nc4nccc(-c5cccnc5)n4)c3)cc(C(F)(F)F)c2)cn1.Cc1nc(Nc2ncc(C(=O)Nc3c(C)cccc3Cl)s2)cc(N2CCN(CCO)CC2)n1. The van der Waals surface area contributed by atoms with Gasteiger partial charge in [0.15, 0.2) is 5.13 Å². The van der Waals surface area contributed by atoms with Gasteiger partial charge in [-0.15, -0.1) is 0 Å². The molecule has 25 nitrogen and oxygen atoms in total. The smallest absolute Gasteiger partial charge is 0.395 e. The number of nitrogens with one attached hydrogen (secondary N) is 6. The van der Waals surface area contributed by atoms with Gasteiger partial charge >= 0.3 is 6.18 Å². The van der Waals surface area contributed by atoms with Crippen molar-refractivity contribution in [2.45, 2.75) is 47.3 Å². The van der Waals surface area contributed by atoms with Crippen LogP contribution in [0.2, 0.25) is 5.02 Å². The van der Waals surface area contributed by atoms with Crippen molar-refractivity contribution in [3.63, 3.8) is 0 Å². The molecule has 2 aliphatic heterocycles. The van der Waals surface area contributed by atoms with Gasteiger partial charge < -0.3 is 51.4 Å². The van der Waals surface area contributed by atoms with Gasteiger partial charge in [0.2, 0.25) is 11.9 Å². The lowest BCUT2D eigenvalue weighted by molar-refractivity contribution is -0.137. The number of hydrogen-bond donors (Lipinski definition) is 7. The van der Waals surface area contributed by atoms with Gasteiger partial charge in [0.1, 0.15) is 22.3 Å². The zero-order valence-corrected chi connectivity index (χ0v) is 62.1. The highest BCUT2D eigenvalue weighted by molar-refractivity contribution is 7.17. The number of rotatable bonds is 20. The minimum Gasteiger partial charge on any atom is -0.395 e. The number of carbonyl (C=O) groups excluding carboxylic acids is 3. The van der Waals surface area contributed by atoms with Gasteiger partial charge in [-0.25, -0.2) is 39.9 Å². The van der Waals surface area contributed by atoms with Crippen molar-refractivity contribution >= 4 is 97.8 Å². The molecule has 7 aromatic heterocycles. The van der Waals surface area contributed by atoms with E-state index in [4.69, 9.17) is 16.7 Å². The number of para-hydroxylation sites is 1. The number of alkyl halides is 3. The number of amides is 3. The van der Waals surface area contributed by atoms with Gasteiger partial charge in [-0.2, -0.15) is 13.2 Å². The number of aromatic nitrogens is 11. The molecule has 30 heteroatoms. The summed E-state index contributed by atoms with van der Waals surface area (Å²) in [5.41, 5.74) is 10.7. The van der Waals surface area contributed by atoms with Crippen LogP contribution in [0, 0.1) is 34.6 Å². The van der Waals surface area contributed by atoms with Crippen LogP contribution in [0.4, 0.5) is 70.3 Å². The largest absolute Gasteiger partial charge is 0.416 e. The lowest BCUT2D eigenvalue weighted by Gasteiger charge is -2.35. The van der Waals surface area contributed by atoms with Crippen molar-refractivity contribution in [2.75, 3.05) is 109 Å². The Labute approximate surface area is 636 Å². The van der Waals surface area contributed by atoms with Crippen molar-refractivity contribution in [3.05, 3.63) is 256 Å². The van der Waals surface area contributed by atoms with Gasteiger partial charge in [0, 0.05) is 166 Å². The number of benzene rings is 5. The molecule has 2 saturated heterocycles. The van der Waals surface area contributed by atoms with Crippen LogP contribution >= 0.6 is 22.9 Å². The van der Waals surface area contributed by atoms with Crippen LogP contribution in [0.3, 0.4) is 0 Å². The Kier molecular flexibility index (Phi) is 25.0. The van der Waals surface area contributed by atoms with E-state index in [-0.39, 0.29) is 35.4 Å². The number of nitrogens with zero attached hydrogens (tertiary/aromatic N) is 15. The number of likely N-dealkylation sites (N-methyl/N-ethyl adjacent to an activating group) is 1. The van der Waals surface area contributed by atoms with E-state index in [0.717, 1.165) is 116 Å². The summed E-state index contributed by atoms with van der Waals surface area (Å²) in [5, 5.41) is 28.3. The second-order valence-electron chi connectivity index (χ2n) is 25.9. The average Bonchev–Trinajstić information content (AvgIpc) is 1.78. The molecular formula is C79H79ClF3N21O4S. The summed E-state index contributed by atoms with van der Waals surface area (Å²) in [7, 11) is 2.16. The van der Waals surface area contributed by atoms with E-state index in [2.05, 4.69) is 108 Å². The van der Waals surface area contributed by atoms with Crippen LogP contribution in [-0.2, 0) is 12.7 Å². The maximum Gasteiger partial charge on any atom is 0.416 e. The van der Waals surface area contributed by atoms with Crippen molar-refractivity contribution in [3.8, 4) is 28.2 Å². The predicted octanol–water partition coefficient (Wildman–Crippen LogP) is 14.3. The summed E-state index contributed by atoms with van der Waals surface area (Å²) in [6, 6.07) is 40.4. The molecule has 2 aliphatic rings. The molecular weight excluding hydrogens is 1430 g/mol. The van der Waals surface area contributed by atoms with Gasteiger partial charge in [-0.1, -0.05) is 59.3 Å². The number of pyridine rings is 2. The molecule has 12 aromatic rings. The second kappa shape index (κ2) is 35.6. The predicted molar refractivity (Wildman–Crippen MR) is 420 cm³/mol. The van der Waals surface area contributed by atoms with Crippen molar-refractivity contribution in [1.82, 2.24) is 69.1 Å². The number of β-amino-alcohol motifs (C(OH)–C–C–N with tert-alkyl or cyclic N) is 1. The summed E-state index contributed by atoms with van der Waals surface area (Å²) >= 11 is 7.46. The summed E-state index contributed by atoms with van der Waals surface area (Å²) in [4.78, 5) is 91.9. The quantitative estimate of drug-likeness (QED) is 0.0373. The molecule has 558 valence electrons. The minimum absolute atomic E-state index is 0.00114. The molecule has 0 bridgehead atoms. The molecule has 3 amide bonds. The van der Waals surface area contributed by atoms with E-state index in [1.54, 1.807) is 86.7 Å². The Bertz CT molecular complexity index is 5120. The zero-order chi connectivity index (χ0) is 76.6. The minimum atomic E-state index is -4.60. The average molecular weight is 1510 g/mol. The topological polar surface area (TPSA) is 290 Å². The number of hydrogen-bond acceptors (Lipinski definition) is 22. The highest BCUT2D eigenvalue weighted by Gasteiger charge is 2.32. The van der Waals surface area contributed by atoms with Crippen LogP contribution in [0.1, 0.15) is 69.7 Å². The Morgan fingerprint density at radius 2 is 1.20 bits per heavy atom. The molecule has 9 heterocycles. The molecule has 0 unspecified atom stereocenters. The highest BCUT2D eigenvalue weighted by Crippen LogP contribution is 2.35. The molecule has 14 rings (SSSR count). The fourth-order valence-electron chi connectivity index (χ4n) is 11.8. The Hall–Kier alpha value is -12.0. The molecule has 0 aliphatic carbocycles. The monoisotopic (exact) mass is 1510 g/mol. The number of aliphatic hydroxyl groups is 1. The number of halogens is 4. The summed E-state index contributed by atoms with van der Waals surface area (Å²) < 4.78 is 42.3. The normalized spacial score (nSPS) is 13.3. The van der Waals surface area contributed by atoms with E-state index in [9.17, 15) is 27.6 Å². The van der Waals surface area contributed by atoms with E-state index < -0.39 is 17.6 Å². The third kappa shape index (κ3) is 21.0. The first-order valence-corrected chi connectivity index (χ1v) is 36.1. The van der Waals surface area contributed by atoms with Crippen LogP contribution < -0.4 is 36.8 Å². The Morgan fingerprint density at radius 1 is 0.569 bits per heavy atom. The van der Waals surface area contributed by atoms with Gasteiger partial charge in [0.05, 0.1) is 52.5 Å². The summed E-state index contributed by atoms with van der Waals surface area (Å²) in [6.07, 6.45) is 10.1. The number of thiazole rings is 1. The molecule has 0 atom stereocenters. The molecule has 5 aromatic carbocycles. The highest BCUT2D eigenvalue weighted by atomic mass is 35.5. The molecule has 7 N–H and O–H groups in total. The van der Waals surface area contributed by atoms with Gasteiger partial charge in [-0.05, 0) is 161 Å². The molecule has 2 fully saturated rings. The maximum atomic E-state index is 13.6. The number of piperazine rings is 2. The lowest BCUT2D eigenvalue weighted by atomic mass is 10.1. The van der Waals surface area contributed by atoms with Crippen LogP contribution in [0.15, 0.2) is 195 Å². The summed E-state index contributed by atoms with van der Waals surface area (Å²) in [5.74, 6) is 1.93. The van der Waals surface area contributed by atoms with Gasteiger partial charge in [-0.3, -0.25) is 34.2 Å². The van der Waals surface area contributed by atoms with E-state index in [1.807, 2.05) is 113 Å². The first kappa shape index (κ1) is 76.7. The standard InChI is InChI=1S/C29H31N7O.C28H22F3N7O.C22H26ClN7O2S/c1-21-5-10-25(18-27(21)34-29-31-13-11-26(33-29)24-4-3-12-30-19-24)32-28(37)23-8-6-22(7-9-23)20-36-16-14-35(2)15-17-36;1-17-5-6-19(10-25(17)37-27-33-9-7-24(36-27)20-4-3-8-32-14-20)26(39)35-22-11-21(28(29,30)31)12-23(13-22)38-15-18(2)34-16-38;1-14-4-3-5-16(23)20(14)28-21(32)17-13-24-22(33-17)27-18-12-19(26-15(2)25-18)30-8-6-29(7-9-30)10-11-31/h3-13,18-19H,14-17,20H2,1-2H3,(H,32,37)(H,31,33,34);3-16H,1-2H3,(H,35,39)(H,33,36,37);3-5,12-13,31H,6-11H2,1-2H3,(H,28,32)(H,24,25,26,27). The Balaban J connectivity index is 0.000000153. The lowest BCUT2D eigenvalue weighted by Crippen LogP contribution is -2.47. The third-order valence-electron chi connectivity index (χ3n) is 17.8. The third-order valence-corrected chi connectivity index (χ3v) is 19.0. The number of carbonyl (C=O) groups is 3. The van der Waals surface area contributed by atoms with Gasteiger partial charge in [0.25, 0.3) is 17.7 Å². The summed E-state index contributed by atoms with van der Waals surface area (Å²) in [6.45, 7) is 18.8. The van der Waals surface area contributed by atoms with Crippen molar-refractivity contribution in [1.29, 1.82) is 0 Å². The van der Waals surface area contributed by atoms with Crippen molar-refractivity contribution < 1.29 is 32.7 Å². The number of aryl methyl sites for hydroxylation is 5. The van der Waals surface area contributed by atoms with E-state index in [1.165, 1.54) is 40.1 Å². The number of anilines is 10. The first-order valence-electron chi connectivity index (χ1n) is 34.9. The van der Waals surface area contributed by atoms with Crippen LogP contribution in [0.5, 0.6) is 0 Å². The Morgan fingerprint density at radius 3 is 1.83 bits per heavy atom. The molecule has 109 heavy (non-hydrogen) atoms. The van der Waals surface area contributed by atoms with E-state index >= 15 is 0 Å². The number of imidazole rings is 1. The molecule has 0 radical (unpaired) electrons.